The molecular weight excluding hydrogens is 227 g/mol. The van der Waals surface area contributed by atoms with Crippen LogP contribution in [0.1, 0.15) is 16.1 Å². The zero-order valence-corrected chi connectivity index (χ0v) is 8.72. The van der Waals surface area contributed by atoms with Gasteiger partial charge in [-0.25, -0.2) is 9.18 Å². The third kappa shape index (κ3) is 2.84. The molecule has 0 atom stereocenters. The van der Waals surface area contributed by atoms with Crippen molar-refractivity contribution in [3.05, 3.63) is 53.7 Å². The van der Waals surface area contributed by atoms with Crippen LogP contribution in [-0.4, -0.2) is 11.1 Å². The minimum atomic E-state index is -1.13. The Kier molecular flexibility index (Phi) is 3.09. The number of benzene rings is 1. The van der Waals surface area contributed by atoms with Crippen LogP contribution in [0.15, 0.2) is 41.0 Å². The van der Waals surface area contributed by atoms with Gasteiger partial charge in [-0.3, -0.25) is 0 Å². The zero-order valence-electron chi connectivity index (χ0n) is 8.72. The van der Waals surface area contributed by atoms with Crippen LogP contribution in [0.5, 0.6) is 5.75 Å². The molecule has 2 rings (SSSR count). The van der Waals surface area contributed by atoms with Crippen molar-refractivity contribution in [1.29, 1.82) is 0 Å². The lowest BCUT2D eigenvalue weighted by atomic mass is 10.3. The summed E-state index contributed by atoms with van der Waals surface area (Å²) in [5.74, 6) is -1.10. The summed E-state index contributed by atoms with van der Waals surface area (Å²) in [4.78, 5) is 10.5. The normalized spacial score (nSPS) is 10.2. The second-order valence-electron chi connectivity index (χ2n) is 3.37. The molecule has 88 valence electrons. The Morgan fingerprint density at radius 1 is 1.35 bits per heavy atom. The van der Waals surface area contributed by atoms with Crippen LogP contribution in [0, 0.1) is 5.82 Å². The number of halogens is 1. The molecule has 0 aliphatic heterocycles. The first-order chi connectivity index (χ1) is 8.15. The molecule has 0 bridgehead atoms. The van der Waals surface area contributed by atoms with Crippen molar-refractivity contribution in [3.8, 4) is 5.75 Å². The van der Waals surface area contributed by atoms with Gasteiger partial charge in [0.25, 0.3) is 0 Å². The first-order valence-corrected chi connectivity index (χ1v) is 4.84. The fourth-order valence-corrected chi connectivity index (χ4v) is 1.26. The van der Waals surface area contributed by atoms with Gasteiger partial charge in [0.2, 0.25) is 5.76 Å². The number of carbonyl (C=O) groups is 1. The van der Waals surface area contributed by atoms with Crippen molar-refractivity contribution in [2.75, 3.05) is 0 Å². The van der Waals surface area contributed by atoms with Gasteiger partial charge in [-0.15, -0.1) is 0 Å². The molecule has 0 unspecified atom stereocenters. The average Bonchev–Trinajstić information content (AvgIpc) is 2.77. The van der Waals surface area contributed by atoms with E-state index in [1.54, 1.807) is 0 Å². The van der Waals surface area contributed by atoms with Gasteiger partial charge in [0, 0.05) is 5.56 Å². The highest BCUT2D eigenvalue weighted by Gasteiger charge is 2.09. The molecule has 0 radical (unpaired) electrons. The van der Waals surface area contributed by atoms with Crippen LogP contribution >= 0.6 is 0 Å². The van der Waals surface area contributed by atoms with Crippen molar-refractivity contribution >= 4 is 5.97 Å². The molecule has 0 spiro atoms. The molecule has 2 aromatic rings. The fraction of sp³-hybridized carbons (Fsp3) is 0.0833. The van der Waals surface area contributed by atoms with E-state index < -0.39 is 5.97 Å². The molecule has 1 aromatic heterocycles. The Morgan fingerprint density at radius 3 is 2.65 bits per heavy atom. The molecule has 1 N–H and O–H groups in total. The number of rotatable bonds is 4. The Balaban J connectivity index is 1.97. The van der Waals surface area contributed by atoms with E-state index in [1.807, 2.05) is 0 Å². The average molecular weight is 236 g/mol. The highest BCUT2D eigenvalue weighted by atomic mass is 19.1. The Bertz CT molecular complexity index is 516. The minimum absolute atomic E-state index is 0.136. The topological polar surface area (TPSA) is 59.7 Å². The number of aromatic carboxylic acids is 1. The molecule has 5 heteroatoms. The van der Waals surface area contributed by atoms with Gasteiger partial charge in [0.1, 0.15) is 18.2 Å². The van der Waals surface area contributed by atoms with Crippen molar-refractivity contribution in [3.63, 3.8) is 0 Å². The molecular formula is C12H9FO4. The monoisotopic (exact) mass is 236 g/mol. The first kappa shape index (κ1) is 11.2. The summed E-state index contributed by atoms with van der Waals surface area (Å²) in [6, 6.07) is 6.94. The molecule has 0 saturated heterocycles. The van der Waals surface area contributed by atoms with Crippen LogP contribution in [0.3, 0.4) is 0 Å². The fourth-order valence-electron chi connectivity index (χ4n) is 1.26. The summed E-state index contributed by atoms with van der Waals surface area (Å²) in [6.45, 7) is 0.169. The van der Waals surface area contributed by atoms with Crippen molar-refractivity contribution in [2.45, 2.75) is 6.61 Å². The molecule has 0 aliphatic carbocycles. The van der Waals surface area contributed by atoms with E-state index in [4.69, 9.17) is 14.3 Å². The van der Waals surface area contributed by atoms with Gasteiger partial charge in [-0.2, -0.15) is 0 Å². The third-order valence-corrected chi connectivity index (χ3v) is 2.08. The van der Waals surface area contributed by atoms with Crippen molar-refractivity contribution in [2.24, 2.45) is 0 Å². The minimum Gasteiger partial charge on any atom is -0.489 e. The van der Waals surface area contributed by atoms with E-state index >= 15 is 0 Å². The van der Waals surface area contributed by atoms with Crippen LogP contribution < -0.4 is 4.74 Å². The molecule has 0 aliphatic rings. The highest BCUT2D eigenvalue weighted by molar-refractivity contribution is 5.84. The number of furan rings is 1. The van der Waals surface area contributed by atoms with Crippen LogP contribution in [-0.2, 0) is 6.61 Å². The number of carboxylic acids is 1. The molecule has 17 heavy (non-hydrogen) atoms. The van der Waals surface area contributed by atoms with Crippen molar-refractivity contribution < 1.29 is 23.4 Å². The second-order valence-corrected chi connectivity index (χ2v) is 3.37. The summed E-state index contributed by atoms with van der Waals surface area (Å²) >= 11 is 0. The van der Waals surface area contributed by atoms with Gasteiger partial charge < -0.3 is 14.3 Å². The Labute approximate surface area is 96.2 Å². The van der Waals surface area contributed by atoms with Gasteiger partial charge in [0.15, 0.2) is 0 Å². The summed E-state index contributed by atoms with van der Waals surface area (Å²) < 4.78 is 22.7. The van der Waals surface area contributed by atoms with Gasteiger partial charge in [0.05, 0.1) is 6.26 Å². The maximum Gasteiger partial charge on any atom is 0.371 e. The summed E-state index contributed by atoms with van der Waals surface area (Å²) in [5, 5.41) is 8.64. The quantitative estimate of drug-likeness (QED) is 0.886. The van der Waals surface area contributed by atoms with Crippen molar-refractivity contribution in [1.82, 2.24) is 0 Å². The van der Waals surface area contributed by atoms with Crippen LogP contribution in [0.2, 0.25) is 0 Å². The molecule has 0 saturated carbocycles. The lowest BCUT2D eigenvalue weighted by Gasteiger charge is -2.03. The summed E-state index contributed by atoms with van der Waals surface area (Å²) in [6.07, 6.45) is 1.31. The van der Waals surface area contributed by atoms with E-state index in [2.05, 4.69) is 0 Å². The third-order valence-electron chi connectivity index (χ3n) is 2.08. The largest absolute Gasteiger partial charge is 0.489 e. The lowest BCUT2D eigenvalue weighted by Crippen LogP contribution is -1.95. The molecule has 0 fully saturated rings. The molecule has 1 aromatic carbocycles. The lowest BCUT2D eigenvalue weighted by molar-refractivity contribution is 0.0662. The van der Waals surface area contributed by atoms with E-state index in [-0.39, 0.29) is 18.2 Å². The Morgan fingerprint density at radius 2 is 2.06 bits per heavy atom. The maximum atomic E-state index is 12.6. The number of ether oxygens (including phenoxy) is 1. The number of hydrogen-bond acceptors (Lipinski definition) is 3. The maximum absolute atomic E-state index is 12.6. The first-order valence-electron chi connectivity index (χ1n) is 4.84. The van der Waals surface area contributed by atoms with E-state index in [1.165, 1.54) is 36.6 Å². The van der Waals surface area contributed by atoms with Crippen LogP contribution in [0.4, 0.5) is 4.39 Å². The smallest absolute Gasteiger partial charge is 0.371 e. The Hall–Kier alpha value is -2.30. The summed E-state index contributed by atoms with van der Waals surface area (Å²) in [5.41, 5.74) is 0.603. The van der Waals surface area contributed by atoms with E-state index in [0.717, 1.165) is 0 Å². The predicted octanol–water partition coefficient (Wildman–Crippen LogP) is 2.70. The standard InChI is InChI=1S/C12H9FO4/c13-9-1-3-10(4-2-9)16-6-8-5-11(12(14)15)17-7-8/h1-5,7H,6H2,(H,14,15). The molecule has 1 heterocycles. The highest BCUT2D eigenvalue weighted by Crippen LogP contribution is 2.15. The SMILES string of the molecule is O=C(O)c1cc(COc2ccc(F)cc2)co1. The molecule has 4 nitrogen and oxygen atoms in total. The zero-order chi connectivity index (χ0) is 12.3. The summed E-state index contributed by atoms with van der Waals surface area (Å²) in [7, 11) is 0. The molecule has 0 amide bonds. The number of hydrogen-bond donors (Lipinski definition) is 1. The van der Waals surface area contributed by atoms with Gasteiger partial charge >= 0.3 is 5.97 Å². The van der Waals surface area contributed by atoms with Gasteiger partial charge in [-0.1, -0.05) is 0 Å². The van der Waals surface area contributed by atoms with E-state index in [0.29, 0.717) is 11.3 Å². The van der Waals surface area contributed by atoms with Crippen LogP contribution in [0.25, 0.3) is 0 Å². The van der Waals surface area contributed by atoms with E-state index in [9.17, 15) is 9.18 Å². The number of carboxylic acid groups (broad SMARTS) is 1. The predicted molar refractivity (Wildman–Crippen MR) is 56.4 cm³/mol. The second kappa shape index (κ2) is 4.69. The van der Waals surface area contributed by atoms with Gasteiger partial charge in [-0.05, 0) is 30.3 Å².